The zero-order chi connectivity index (χ0) is 12.0. The molecule has 86 valence electrons. The Morgan fingerprint density at radius 1 is 0.824 bits per heavy atom. The van der Waals surface area contributed by atoms with Crippen LogP contribution in [0.25, 0.3) is 10.8 Å². The van der Waals surface area contributed by atoms with Gasteiger partial charge in [0.05, 0.1) is 5.76 Å². The highest BCUT2D eigenvalue weighted by atomic mass is 16.3. The molecule has 0 unspecified atom stereocenters. The number of hydrogen-bond donors (Lipinski definition) is 3. The van der Waals surface area contributed by atoms with Gasteiger partial charge >= 0.3 is 0 Å². The number of aromatic hydroxyl groups is 2. The van der Waals surface area contributed by atoms with E-state index < -0.39 is 0 Å². The first-order valence-electron chi connectivity index (χ1n) is 5.51. The lowest BCUT2D eigenvalue weighted by atomic mass is 9.90. The smallest absolute Gasteiger partial charge is 0.127 e. The van der Waals surface area contributed by atoms with Crippen LogP contribution in [0.3, 0.4) is 0 Å². The number of phenolic OH excluding ortho intramolecular Hbond substituents is 2. The van der Waals surface area contributed by atoms with Crippen LogP contribution >= 0.6 is 0 Å². The summed E-state index contributed by atoms with van der Waals surface area (Å²) in [6.07, 6.45) is 2.39. The highest BCUT2D eigenvalue weighted by molar-refractivity contribution is 5.95. The first-order chi connectivity index (χ1) is 8.18. The second kappa shape index (κ2) is 3.42. The summed E-state index contributed by atoms with van der Waals surface area (Å²) in [5, 5.41) is 31.2. The molecule has 1 aliphatic carbocycles. The Morgan fingerprint density at radius 3 is 2.06 bits per heavy atom. The molecule has 0 fully saturated rings. The molecule has 2 aromatic carbocycles. The number of aliphatic hydroxyl groups is 1. The number of phenols is 2. The van der Waals surface area contributed by atoms with Gasteiger partial charge in [0, 0.05) is 28.3 Å². The predicted molar refractivity (Wildman–Crippen MR) is 65.4 cm³/mol. The first-order valence-corrected chi connectivity index (χ1v) is 5.51. The number of fused-ring (bicyclic) bond motifs is 2. The van der Waals surface area contributed by atoms with Gasteiger partial charge in [-0.15, -0.1) is 0 Å². The standard InChI is InChI=1S/C14H12O3/c15-8-5-6-11-12(7-8)14(17)10-4-2-1-3-9(10)13(11)16/h1-5,15-17H,6-7H2. The summed E-state index contributed by atoms with van der Waals surface area (Å²) in [7, 11) is 0. The summed E-state index contributed by atoms with van der Waals surface area (Å²) >= 11 is 0. The molecule has 3 heteroatoms. The second-order valence-corrected chi connectivity index (χ2v) is 4.28. The van der Waals surface area contributed by atoms with Gasteiger partial charge in [-0.05, 0) is 12.5 Å². The highest BCUT2D eigenvalue weighted by Crippen LogP contribution is 2.42. The molecule has 1 aliphatic rings. The minimum Gasteiger partial charge on any atom is -0.512 e. The fourth-order valence-electron chi connectivity index (χ4n) is 2.39. The molecule has 0 saturated carbocycles. The van der Waals surface area contributed by atoms with Crippen molar-refractivity contribution < 1.29 is 15.3 Å². The Bertz CT molecular complexity index is 641. The summed E-state index contributed by atoms with van der Waals surface area (Å²) in [4.78, 5) is 0. The minimum absolute atomic E-state index is 0.160. The van der Waals surface area contributed by atoms with Crippen LogP contribution in [0.15, 0.2) is 36.1 Å². The van der Waals surface area contributed by atoms with Crippen LogP contribution in [-0.2, 0) is 12.8 Å². The maximum Gasteiger partial charge on any atom is 0.127 e. The Kier molecular flexibility index (Phi) is 2.01. The Morgan fingerprint density at radius 2 is 1.41 bits per heavy atom. The van der Waals surface area contributed by atoms with E-state index in [9.17, 15) is 15.3 Å². The molecule has 0 aliphatic heterocycles. The van der Waals surface area contributed by atoms with Crippen molar-refractivity contribution in [3.8, 4) is 11.5 Å². The monoisotopic (exact) mass is 228 g/mol. The summed E-state index contributed by atoms with van der Waals surface area (Å²) in [6.45, 7) is 0. The van der Waals surface area contributed by atoms with Crippen molar-refractivity contribution in [2.75, 3.05) is 0 Å². The largest absolute Gasteiger partial charge is 0.512 e. The molecule has 0 heterocycles. The molecule has 2 aromatic rings. The number of benzene rings is 2. The van der Waals surface area contributed by atoms with E-state index in [-0.39, 0.29) is 23.7 Å². The molecule has 0 radical (unpaired) electrons. The lowest BCUT2D eigenvalue weighted by Crippen LogP contribution is -2.04. The van der Waals surface area contributed by atoms with E-state index in [2.05, 4.69) is 0 Å². The third-order valence-corrected chi connectivity index (χ3v) is 3.27. The molecule has 17 heavy (non-hydrogen) atoms. The van der Waals surface area contributed by atoms with E-state index in [1.165, 1.54) is 0 Å². The van der Waals surface area contributed by atoms with E-state index in [0.717, 1.165) is 0 Å². The normalized spacial score (nSPS) is 14.5. The fraction of sp³-hybridized carbons (Fsp3) is 0.143. The van der Waals surface area contributed by atoms with E-state index in [0.29, 0.717) is 28.3 Å². The average Bonchev–Trinajstić information content (AvgIpc) is 2.36. The van der Waals surface area contributed by atoms with E-state index >= 15 is 0 Å². The van der Waals surface area contributed by atoms with Gasteiger partial charge in [0.15, 0.2) is 0 Å². The minimum atomic E-state index is 0.160. The van der Waals surface area contributed by atoms with Gasteiger partial charge in [0.25, 0.3) is 0 Å². The SMILES string of the molecule is OC1=CCc2c(c(O)c3ccccc3c2O)C1. The summed E-state index contributed by atoms with van der Waals surface area (Å²) in [6, 6.07) is 7.18. The van der Waals surface area contributed by atoms with Crippen LogP contribution in [0.2, 0.25) is 0 Å². The lowest BCUT2D eigenvalue weighted by Gasteiger charge is -2.18. The number of allylic oxidation sites excluding steroid dienone is 2. The van der Waals surface area contributed by atoms with Gasteiger partial charge in [-0.25, -0.2) is 0 Å². The molecule has 0 saturated heterocycles. The molecule has 0 aromatic heterocycles. The maximum absolute atomic E-state index is 10.2. The fourth-order valence-corrected chi connectivity index (χ4v) is 2.39. The van der Waals surface area contributed by atoms with Gasteiger partial charge < -0.3 is 15.3 Å². The van der Waals surface area contributed by atoms with Crippen LogP contribution in [-0.4, -0.2) is 15.3 Å². The number of hydrogen-bond acceptors (Lipinski definition) is 3. The van der Waals surface area contributed by atoms with Crippen LogP contribution in [0.1, 0.15) is 11.1 Å². The highest BCUT2D eigenvalue weighted by Gasteiger charge is 2.21. The Balaban J connectivity index is 2.40. The molecule has 3 nitrogen and oxygen atoms in total. The molecular formula is C14H12O3. The maximum atomic E-state index is 10.2. The van der Waals surface area contributed by atoms with Gasteiger partial charge in [-0.3, -0.25) is 0 Å². The van der Waals surface area contributed by atoms with Crippen LogP contribution in [0, 0.1) is 0 Å². The van der Waals surface area contributed by atoms with Crippen molar-refractivity contribution in [2.45, 2.75) is 12.8 Å². The average molecular weight is 228 g/mol. The van der Waals surface area contributed by atoms with Crippen molar-refractivity contribution in [3.05, 3.63) is 47.2 Å². The number of rotatable bonds is 0. The van der Waals surface area contributed by atoms with E-state index in [4.69, 9.17) is 0 Å². The van der Waals surface area contributed by atoms with Crippen LogP contribution < -0.4 is 0 Å². The summed E-state index contributed by atoms with van der Waals surface area (Å²) in [5.74, 6) is 0.604. The van der Waals surface area contributed by atoms with Gasteiger partial charge in [0.2, 0.25) is 0 Å². The molecule has 3 rings (SSSR count). The summed E-state index contributed by atoms with van der Waals surface area (Å²) < 4.78 is 0. The van der Waals surface area contributed by atoms with Crippen molar-refractivity contribution in [1.29, 1.82) is 0 Å². The molecule has 3 N–H and O–H groups in total. The molecule has 0 amide bonds. The second-order valence-electron chi connectivity index (χ2n) is 4.28. The lowest BCUT2D eigenvalue weighted by molar-refractivity contribution is 0.385. The molecule has 0 spiro atoms. The molecule has 0 bridgehead atoms. The van der Waals surface area contributed by atoms with E-state index in [1.807, 2.05) is 12.1 Å². The van der Waals surface area contributed by atoms with Crippen LogP contribution in [0.4, 0.5) is 0 Å². The third kappa shape index (κ3) is 1.35. The van der Waals surface area contributed by atoms with Gasteiger partial charge in [-0.1, -0.05) is 24.3 Å². The van der Waals surface area contributed by atoms with Crippen molar-refractivity contribution in [3.63, 3.8) is 0 Å². The Labute approximate surface area is 98.3 Å². The predicted octanol–water partition coefficient (Wildman–Crippen LogP) is 2.79. The van der Waals surface area contributed by atoms with Crippen molar-refractivity contribution in [1.82, 2.24) is 0 Å². The van der Waals surface area contributed by atoms with E-state index in [1.54, 1.807) is 18.2 Å². The quantitative estimate of drug-likeness (QED) is 0.607. The molecular weight excluding hydrogens is 216 g/mol. The van der Waals surface area contributed by atoms with Crippen molar-refractivity contribution >= 4 is 10.8 Å². The van der Waals surface area contributed by atoms with Gasteiger partial charge in [0.1, 0.15) is 11.5 Å². The topological polar surface area (TPSA) is 60.7 Å². The zero-order valence-corrected chi connectivity index (χ0v) is 9.14. The first kappa shape index (κ1) is 10.0. The number of aliphatic hydroxyl groups excluding tert-OH is 1. The zero-order valence-electron chi connectivity index (χ0n) is 9.14. The Hall–Kier alpha value is -2.16. The summed E-state index contributed by atoms with van der Waals surface area (Å²) in [5.41, 5.74) is 1.33. The van der Waals surface area contributed by atoms with Crippen LogP contribution in [0.5, 0.6) is 11.5 Å². The van der Waals surface area contributed by atoms with Gasteiger partial charge in [-0.2, -0.15) is 0 Å². The van der Waals surface area contributed by atoms with Crippen molar-refractivity contribution in [2.24, 2.45) is 0 Å². The molecule has 0 atom stereocenters. The third-order valence-electron chi connectivity index (χ3n) is 3.27.